The van der Waals surface area contributed by atoms with E-state index in [9.17, 15) is 0 Å². The van der Waals surface area contributed by atoms with E-state index >= 15 is 0 Å². The van der Waals surface area contributed by atoms with Gasteiger partial charge in [0.1, 0.15) is 36.3 Å². The number of anilines is 1. The number of nitrogens with zero attached hydrogens (tertiary/aromatic N) is 4. The molecule has 0 spiro atoms. The Hall–Kier alpha value is -1.30. The minimum absolute atomic E-state index is 0.0739. The van der Waals surface area contributed by atoms with Gasteiger partial charge in [-0.05, 0) is 65.8 Å². The first-order valence-corrected chi connectivity index (χ1v) is 24.2. The molecule has 0 amide bonds. The number of benzene rings is 1. The van der Waals surface area contributed by atoms with Crippen LogP contribution < -0.4 is 5.73 Å². The lowest BCUT2D eigenvalue weighted by Crippen LogP contribution is -2.54. The third-order valence-corrected chi connectivity index (χ3v) is 21.2. The van der Waals surface area contributed by atoms with Gasteiger partial charge in [-0.2, -0.15) is 0 Å². The first kappa shape index (κ1) is 36.0. The van der Waals surface area contributed by atoms with Gasteiger partial charge in [0.05, 0.1) is 19.5 Å². The maximum atomic E-state index is 7.20. The standard InChI is InChI=1S/C30H47ClN5O6PSSi2/c1-29(2,3)45(7,8)41-24-22(16-38-43(44)37-15-21(40-43)19-12-11-13-20(31)14-19)39-28(25(24)42-46(9,10)30(4,5)6)36-18-35-23-26(32)33-17-34-27(23)36/h11-14,17-18,21-22,24-25,28H,15-16H2,1-10H3,(H2,32,33,34)/t21-,22-,24-,25-,28-,43?/m1/s1. The smallest absolute Gasteiger partial charge is 0.328 e. The zero-order chi connectivity index (χ0) is 33.9. The molecule has 2 N–H and O–H groups in total. The molecule has 2 aromatic heterocycles. The number of fused-ring (bicyclic) bond motifs is 1. The van der Waals surface area contributed by atoms with Crippen molar-refractivity contribution in [2.24, 2.45) is 0 Å². The first-order valence-electron chi connectivity index (χ1n) is 15.5. The molecule has 1 aromatic carbocycles. The third kappa shape index (κ3) is 7.32. The summed E-state index contributed by atoms with van der Waals surface area (Å²) in [4.78, 5) is 13.2. The molecule has 11 nitrogen and oxygen atoms in total. The normalized spacial score (nSPS) is 27.9. The Labute approximate surface area is 284 Å². The predicted molar refractivity (Wildman–Crippen MR) is 189 cm³/mol. The Morgan fingerprint density at radius 3 is 2.30 bits per heavy atom. The van der Waals surface area contributed by atoms with Crippen molar-refractivity contribution in [3.8, 4) is 0 Å². The molecule has 1 unspecified atom stereocenters. The van der Waals surface area contributed by atoms with E-state index in [-0.39, 0.29) is 29.4 Å². The molecule has 254 valence electrons. The van der Waals surface area contributed by atoms with E-state index in [1.807, 2.05) is 28.8 Å². The van der Waals surface area contributed by atoms with Crippen LogP contribution in [0, 0.1) is 0 Å². The highest BCUT2D eigenvalue weighted by molar-refractivity contribution is 8.07. The van der Waals surface area contributed by atoms with Gasteiger partial charge in [0, 0.05) is 5.02 Å². The van der Waals surface area contributed by atoms with Gasteiger partial charge in [-0.15, -0.1) is 0 Å². The summed E-state index contributed by atoms with van der Waals surface area (Å²) in [5.41, 5.74) is 8.09. The van der Waals surface area contributed by atoms with Crippen LogP contribution in [0.15, 0.2) is 36.9 Å². The zero-order valence-electron chi connectivity index (χ0n) is 28.3. The van der Waals surface area contributed by atoms with Gasteiger partial charge in [0.25, 0.3) is 0 Å². The summed E-state index contributed by atoms with van der Waals surface area (Å²) in [5, 5.41) is 0.467. The molecule has 5 rings (SSSR count). The highest BCUT2D eigenvalue weighted by Crippen LogP contribution is 2.59. The second-order valence-electron chi connectivity index (χ2n) is 15.0. The molecular weight excluding hydrogens is 681 g/mol. The number of imidazole rings is 1. The van der Waals surface area contributed by atoms with Crippen molar-refractivity contribution in [1.29, 1.82) is 0 Å². The van der Waals surface area contributed by atoms with Crippen molar-refractivity contribution in [3.05, 3.63) is 47.5 Å². The number of ether oxygens (including phenoxy) is 1. The van der Waals surface area contributed by atoms with Gasteiger partial charge >= 0.3 is 6.72 Å². The summed E-state index contributed by atoms with van der Waals surface area (Å²) in [6, 6.07) is 7.48. The molecule has 0 radical (unpaired) electrons. The monoisotopic (exact) mass is 727 g/mol. The number of halogens is 1. The molecule has 0 saturated carbocycles. The van der Waals surface area contributed by atoms with Crippen LogP contribution in [-0.4, -0.2) is 67.7 Å². The lowest BCUT2D eigenvalue weighted by Gasteiger charge is -2.44. The van der Waals surface area contributed by atoms with Crippen molar-refractivity contribution >= 4 is 63.7 Å². The molecule has 2 saturated heterocycles. The van der Waals surface area contributed by atoms with Crippen LogP contribution >= 0.6 is 18.3 Å². The molecule has 46 heavy (non-hydrogen) atoms. The summed E-state index contributed by atoms with van der Waals surface area (Å²) in [5.74, 6) is 0.292. The predicted octanol–water partition coefficient (Wildman–Crippen LogP) is 7.77. The van der Waals surface area contributed by atoms with Gasteiger partial charge in [-0.25, -0.2) is 15.0 Å². The molecule has 4 heterocycles. The molecule has 2 fully saturated rings. The van der Waals surface area contributed by atoms with Crippen LogP contribution in [0.25, 0.3) is 11.2 Å². The quantitative estimate of drug-likeness (QED) is 0.172. The van der Waals surface area contributed by atoms with E-state index in [1.165, 1.54) is 6.33 Å². The van der Waals surface area contributed by atoms with Crippen LogP contribution in [0.2, 0.25) is 41.3 Å². The van der Waals surface area contributed by atoms with E-state index in [1.54, 1.807) is 6.33 Å². The Morgan fingerprint density at radius 1 is 1.02 bits per heavy atom. The average molecular weight is 728 g/mol. The van der Waals surface area contributed by atoms with Crippen molar-refractivity contribution in [3.63, 3.8) is 0 Å². The Balaban J connectivity index is 1.50. The summed E-state index contributed by atoms with van der Waals surface area (Å²) < 4.78 is 41.7. The van der Waals surface area contributed by atoms with Crippen molar-refractivity contribution in [2.75, 3.05) is 18.9 Å². The van der Waals surface area contributed by atoms with Crippen LogP contribution in [-0.2, 0) is 39.0 Å². The van der Waals surface area contributed by atoms with Crippen molar-refractivity contribution in [2.45, 2.75) is 108 Å². The van der Waals surface area contributed by atoms with Crippen LogP contribution in [0.1, 0.15) is 59.4 Å². The van der Waals surface area contributed by atoms with E-state index in [2.05, 4.69) is 82.7 Å². The second-order valence-corrected chi connectivity index (χ2v) is 27.9. The topological polar surface area (TPSA) is 125 Å². The lowest BCUT2D eigenvalue weighted by atomic mass is 10.1. The molecule has 0 aliphatic carbocycles. The summed E-state index contributed by atoms with van der Waals surface area (Å²) in [7, 11) is -4.71. The summed E-state index contributed by atoms with van der Waals surface area (Å²) >= 11 is 12.1. The van der Waals surface area contributed by atoms with Crippen LogP contribution in [0.4, 0.5) is 5.82 Å². The number of nitrogens with two attached hydrogens (primary N) is 1. The fourth-order valence-corrected chi connectivity index (χ4v) is 9.71. The van der Waals surface area contributed by atoms with Crippen LogP contribution in [0.3, 0.4) is 0 Å². The molecule has 0 bridgehead atoms. The van der Waals surface area contributed by atoms with E-state index in [0.29, 0.717) is 22.0 Å². The maximum absolute atomic E-state index is 7.20. The van der Waals surface area contributed by atoms with Gasteiger partial charge in [0.2, 0.25) is 0 Å². The lowest BCUT2D eigenvalue weighted by molar-refractivity contribution is -0.0468. The molecule has 2 aliphatic heterocycles. The number of hydrogen-bond donors (Lipinski definition) is 1. The molecular formula is C30H47ClN5O6PSSi2. The Morgan fingerprint density at radius 2 is 1.67 bits per heavy atom. The Kier molecular flexibility index (Phi) is 10.1. The highest BCUT2D eigenvalue weighted by Gasteiger charge is 2.55. The van der Waals surface area contributed by atoms with Crippen molar-refractivity contribution < 1.29 is 27.2 Å². The minimum Gasteiger partial charge on any atom is -0.408 e. The fourth-order valence-electron chi connectivity index (χ4n) is 4.90. The molecule has 6 atom stereocenters. The number of hydrogen-bond acceptors (Lipinski definition) is 11. The highest BCUT2D eigenvalue weighted by atomic mass is 35.5. The number of rotatable bonds is 9. The molecule has 16 heteroatoms. The van der Waals surface area contributed by atoms with E-state index < -0.39 is 47.9 Å². The second kappa shape index (κ2) is 12.9. The third-order valence-electron chi connectivity index (χ3n) is 9.68. The number of nitrogen functional groups attached to an aromatic ring is 1. The first-order chi connectivity index (χ1) is 21.2. The Bertz CT molecular complexity index is 1620. The van der Waals surface area contributed by atoms with E-state index in [4.69, 9.17) is 56.3 Å². The average Bonchev–Trinajstić information content (AvgIpc) is 3.63. The van der Waals surface area contributed by atoms with E-state index in [0.717, 1.165) is 5.56 Å². The SMILES string of the molecule is CC(C)(C)[Si](C)(C)O[C@@H]1[C@H](O[Si](C)(C)C(C)(C)C)[C@@H](COP2(=S)OC[C@H](c3cccc(Cl)c3)O2)O[C@H]1n1cnc2c(N)ncnc21. The molecule has 3 aromatic rings. The van der Waals surface area contributed by atoms with Gasteiger partial charge in [-0.3, -0.25) is 9.09 Å². The summed E-state index contributed by atoms with van der Waals surface area (Å²) in [6.07, 6.45) is 0.512. The van der Waals surface area contributed by atoms with Gasteiger partial charge < -0.3 is 28.4 Å². The van der Waals surface area contributed by atoms with Gasteiger partial charge in [0.15, 0.2) is 34.3 Å². The zero-order valence-corrected chi connectivity index (χ0v) is 32.8. The fraction of sp³-hybridized carbons (Fsp3) is 0.633. The summed E-state index contributed by atoms with van der Waals surface area (Å²) in [6.45, 7) is 19.4. The maximum Gasteiger partial charge on any atom is 0.328 e. The van der Waals surface area contributed by atoms with Crippen LogP contribution in [0.5, 0.6) is 0 Å². The largest absolute Gasteiger partial charge is 0.408 e. The van der Waals surface area contributed by atoms with Gasteiger partial charge in [-0.1, -0.05) is 65.3 Å². The molecule has 2 aliphatic rings. The number of aromatic nitrogens is 4. The van der Waals surface area contributed by atoms with Crippen molar-refractivity contribution in [1.82, 2.24) is 19.5 Å². The minimum atomic E-state index is -3.10.